The van der Waals surface area contributed by atoms with Crippen molar-refractivity contribution in [2.45, 2.75) is 20.0 Å². The number of hydrogen-bond donors (Lipinski definition) is 1. The third-order valence-electron chi connectivity index (χ3n) is 2.50. The van der Waals surface area contributed by atoms with E-state index in [0.29, 0.717) is 6.54 Å². The molecule has 4 nitrogen and oxygen atoms in total. The van der Waals surface area contributed by atoms with Crippen molar-refractivity contribution in [3.63, 3.8) is 0 Å². The van der Waals surface area contributed by atoms with E-state index in [1.807, 2.05) is 16.8 Å². The summed E-state index contributed by atoms with van der Waals surface area (Å²) in [6.07, 6.45) is 7.28. The molecule has 4 heteroatoms. The highest BCUT2D eigenvalue weighted by molar-refractivity contribution is 5.22. The van der Waals surface area contributed by atoms with Gasteiger partial charge < -0.3 is 10.3 Å². The molecule has 0 fully saturated rings. The molecule has 0 atom stereocenters. The third-order valence-corrected chi connectivity index (χ3v) is 2.50. The van der Waals surface area contributed by atoms with Crippen LogP contribution in [-0.4, -0.2) is 14.5 Å². The van der Waals surface area contributed by atoms with E-state index in [-0.39, 0.29) is 0 Å². The maximum Gasteiger partial charge on any atom is 0.0951 e. The van der Waals surface area contributed by atoms with Gasteiger partial charge in [-0.3, -0.25) is 4.98 Å². The largest absolute Gasteiger partial charge is 0.329 e. The van der Waals surface area contributed by atoms with E-state index in [4.69, 9.17) is 5.73 Å². The summed E-state index contributed by atoms with van der Waals surface area (Å²) >= 11 is 0. The van der Waals surface area contributed by atoms with Crippen molar-refractivity contribution in [1.82, 2.24) is 14.5 Å². The summed E-state index contributed by atoms with van der Waals surface area (Å²) in [4.78, 5) is 8.20. The fraction of sp³-hybridized carbons (Fsp3) is 0.273. The van der Waals surface area contributed by atoms with Crippen LogP contribution in [0.1, 0.15) is 16.8 Å². The SMILES string of the molecule is Cc1ccncc1Cn1cncc1CN. The second-order valence-corrected chi connectivity index (χ2v) is 3.52. The number of hydrogen-bond acceptors (Lipinski definition) is 3. The maximum atomic E-state index is 5.61. The van der Waals surface area contributed by atoms with Gasteiger partial charge in [-0.15, -0.1) is 0 Å². The van der Waals surface area contributed by atoms with E-state index >= 15 is 0 Å². The Morgan fingerprint density at radius 1 is 1.33 bits per heavy atom. The van der Waals surface area contributed by atoms with Crippen LogP contribution in [0.2, 0.25) is 0 Å². The molecular formula is C11H14N4. The van der Waals surface area contributed by atoms with E-state index in [0.717, 1.165) is 12.2 Å². The average molecular weight is 202 g/mol. The summed E-state index contributed by atoms with van der Waals surface area (Å²) in [7, 11) is 0. The van der Waals surface area contributed by atoms with Crippen LogP contribution in [0.4, 0.5) is 0 Å². The highest BCUT2D eigenvalue weighted by Gasteiger charge is 2.02. The first-order chi connectivity index (χ1) is 7.31. The van der Waals surface area contributed by atoms with Gasteiger partial charge >= 0.3 is 0 Å². The lowest BCUT2D eigenvalue weighted by atomic mass is 10.1. The van der Waals surface area contributed by atoms with E-state index in [9.17, 15) is 0 Å². The fourth-order valence-corrected chi connectivity index (χ4v) is 1.51. The molecule has 2 rings (SSSR count). The van der Waals surface area contributed by atoms with Gasteiger partial charge in [0.2, 0.25) is 0 Å². The van der Waals surface area contributed by atoms with E-state index in [2.05, 4.69) is 16.9 Å². The van der Waals surface area contributed by atoms with Gasteiger partial charge in [-0.25, -0.2) is 4.98 Å². The zero-order valence-electron chi connectivity index (χ0n) is 8.72. The molecule has 2 aromatic heterocycles. The molecule has 0 amide bonds. The monoisotopic (exact) mass is 202 g/mol. The van der Waals surface area contributed by atoms with Gasteiger partial charge in [0.05, 0.1) is 18.6 Å². The molecule has 0 aliphatic carbocycles. The highest BCUT2D eigenvalue weighted by Crippen LogP contribution is 2.09. The Hall–Kier alpha value is -1.68. The first-order valence-electron chi connectivity index (χ1n) is 4.90. The lowest BCUT2D eigenvalue weighted by Gasteiger charge is -2.08. The van der Waals surface area contributed by atoms with Crippen LogP contribution in [0.25, 0.3) is 0 Å². The van der Waals surface area contributed by atoms with Crippen LogP contribution < -0.4 is 5.73 Å². The summed E-state index contributed by atoms with van der Waals surface area (Å²) in [5.41, 5.74) is 9.09. The minimum absolute atomic E-state index is 0.513. The minimum Gasteiger partial charge on any atom is -0.329 e. The van der Waals surface area contributed by atoms with Crippen molar-refractivity contribution in [2.75, 3.05) is 0 Å². The Balaban J connectivity index is 2.26. The predicted octanol–water partition coefficient (Wildman–Crippen LogP) is 1.09. The van der Waals surface area contributed by atoms with Crippen LogP contribution in [0.15, 0.2) is 31.0 Å². The van der Waals surface area contributed by atoms with Crippen LogP contribution in [-0.2, 0) is 13.1 Å². The first kappa shape index (κ1) is 9.86. The fourth-order valence-electron chi connectivity index (χ4n) is 1.51. The van der Waals surface area contributed by atoms with Gasteiger partial charge in [0, 0.05) is 25.1 Å². The number of aryl methyl sites for hydroxylation is 1. The molecule has 78 valence electrons. The lowest BCUT2D eigenvalue weighted by Crippen LogP contribution is -2.08. The van der Waals surface area contributed by atoms with Crippen molar-refractivity contribution in [1.29, 1.82) is 0 Å². The van der Waals surface area contributed by atoms with E-state index in [1.165, 1.54) is 11.1 Å². The number of pyridine rings is 1. The Morgan fingerprint density at radius 3 is 2.93 bits per heavy atom. The molecule has 0 saturated heterocycles. The second-order valence-electron chi connectivity index (χ2n) is 3.52. The van der Waals surface area contributed by atoms with Gasteiger partial charge in [0.25, 0.3) is 0 Å². The van der Waals surface area contributed by atoms with Crippen LogP contribution in [0, 0.1) is 6.92 Å². The van der Waals surface area contributed by atoms with Crippen molar-refractivity contribution in [3.8, 4) is 0 Å². The highest BCUT2D eigenvalue weighted by atomic mass is 15.0. The molecule has 0 aliphatic heterocycles. The molecule has 0 aromatic carbocycles. The molecule has 15 heavy (non-hydrogen) atoms. The Bertz CT molecular complexity index is 447. The number of nitrogens with zero attached hydrogens (tertiary/aromatic N) is 3. The van der Waals surface area contributed by atoms with Crippen LogP contribution >= 0.6 is 0 Å². The standard InChI is InChI=1S/C11H14N4/c1-9-2-3-13-5-10(9)7-15-8-14-6-11(15)4-12/h2-3,5-6,8H,4,7,12H2,1H3. The van der Waals surface area contributed by atoms with Gasteiger partial charge in [0.15, 0.2) is 0 Å². The summed E-state index contributed by atoms with van der Waals surface area (Å²) < 4.78 is 2.05. The van der Waals surface area contributed by atoms with Gasteiger partial charge in [-0.1, -0.05) is 0 Å². The summed E-state index contributed by atoms with van der Waals surface area (Å²) in [6, 6.07) is 2.01. The van der Waals surface area contributed by atoms with E-state index in [1.54, 1.807) is 18.7 Å². The molecule has 0 aliphatic rings. The summed E-state index contributed by atoms with van der Waals surface area (Å²) in [6.45, 7) is 3.38. The van der Waals surface area contributed by atoms with Crippen molar-refractivity contribution in [2.24, 2.45) is 5.73 Å². The number of aromatic nitrogens is 3. The molecule has 2 N–H and O–H groups in total. The summed E-state index contributed by atoms with van der Waals surface area (Å²) in [5.74, 6) is 0. The maximum absolute atomic E-state index is 5.61. The second kappa shape index (κ2) is 4.23. The normalized spacial score (nSPS) is 10.5. The minimum atomic E-state index is 0.513. The molecule has 0 radical (unpaired) electrons. The van der Waals surface area contributed by atoms with Crippen LogP contribution in [0.3, 0.4) is 0 Å². The molecule has 0 bridgehead atoms. The van der Waals surface area contributed by atoms with Crippen molar-refractivity contribution in [3.05, 3.63) is 47.8 Å². The Morgan fingerprint density at radius 2 is 2.20 bits per heavy atom. The quantitative estimate of drug-likeness (QED) is 0.810. The smallest absolute Gasteiger partial charge is 0.0951 e. The number of rotatable bonds is 3. The van der Waals surface area contributed by atoms with Gasteiger partial charge in [-0.05, 0) is 24.1 Å². The molecule has 2 heterocycles. The molecule has 0 spiro atoms. The van der Waals surface area contributed by atoms with Crippen molar-refractivity contribution >= 4 is 0 Å². The predicted molar refractivity (Wildman–Crippen MR) is 58.2 cm³/mol. The number of imidazole rings is 1. The van der Waals surface area contributed by atoms with Gasteiger partial charge in [-0.2, -0.15) is 0 Å². The average Bonchev–Trinajstić information content (AvgIpc) is 2.69. The lowest BCUT2D eigenvalue weighted by molar-refractivity contribution is 0.734. The zero-order valence-corrected chi connectivity index (χ0v) is 8.72. The third kappa shape index (κ3) is 2.05. The van der Waals surface area contributed by atoms with E-state index < -0.39 is 0 Å². The first-order valence-corrected chi connectivity index (χ1v) is 4.90. The molecular weight excluding hydrogens is 188 g/mol. The summed E-state index contributed by atoms with van der Waals surface area (Å²) in [5, 5.41) is 0. The van der Waals surface area contributed by atoms with Crippen LogP contribution in [0.5, 0.6) is 0 Å². The Labute approximate surface area is 88.8 Å². The van der Waals surface area contributed by atoms with Crippen molar-refractivity contribution < 1.29 is 0 Å². The molecule has 0 unspecified atom stereocenters. The Kier molecular flexibility index (Phi) is 2.78. The topological polar surface area (TPSA) is 56.7 Å². The zero-order chi connectivity index (χ0) is 10.7. The molecule has 2 aromatic rings. The van der Waals surface area contributed by atoms with Gasteiger partial charge in [0.1, 0.15) is 0 Å². The molecule has 0 saturated carbocycles. The number of nitrogens with two attached hydrogens (primary N) is 1.